The molecular weight excluding hydrogens is 272 g/mol. The monoisotopic (exact) mass is 294 g/mol. The highest BCUT2D eigenvalue weighted by Gasteiger charge is 2.36. The Bertz CT molecular complexity index is 439. The molecular formula is C16H23ClN2O. The van der Waals surface area contributed by atoms with Gasteiger partial charge >= 0.3 is 0 Å². The van der Waals surface area contributed by atoms with Gasteiger partial charge in [0.1, 0.15) is 0 Å². The minimum atomic E-state index is 0. The van der Waals surface area contributed by atoms with Crippen LogP contribution in [-0.4, -0.2) is 36.0 Å². The number of hydrogen-bond donors (Lipinski definition) is 1. The van der Waals surface area contributed by atoms with Crippen molar-refractivity contribution < 1.29 is 4.79 Å². The zero-order valence-corrected chi connectivity index (χ0v) is 12.7. The molecule has 2 aliphatic heterocycles. The van der Waals surface area contributed by atoms with E-state index >= 15 is 0 Å². The van der Waals surface area contributed by atoms with E-state index in [9.17, 15) is 4.79 Å². The summed E-state index contributed by atoms with van der Waals surface area (Å²) in [5.41, 5.74) is 1.11. The van der Waals surface area contributed by atoms with Crippen LogP contribution in [0.2, 0.25) is 0 Å². The Kier molecular flexibility index (Phi) is 5.06. The van der Waals surface area contributed by atoms with Gasteiger partial charge in [-0.15, -0.1) is 12.4 Å². The standard InChI is InChI=1S/C16H22N2O.ClH/c1-18(15-10-13-7-8-14(11-15)17-13)16(19)9-12-5-3-2-4-6-12;/h2-6,13-15,17H,7-11H2,1H3;1H. The molecule has 0 saturated carbocycles. The minimum absolute atomic E-state index is 0. The van der Waals surface area contributed by atoms with E-state index < -0.39 is 0 Å². The van der Waals surface area contributed by atoms with Gasteiger partial charge in [0.15, 0.2) is 0 Å². The van der Waals surface area contributed by atoms with Crippen LogP contribution >= 0.6 is 12.4 Å². The van der Waals surface area contributed by atoms with Gasteiger partial charge in [-0.3, -0.25) is 4.79 Å². The number of nitrogens with zero attached hydrogens (tertiary/aromatic N) is 1. The first-order valence-corrected chi connectivity index (χ1v) is 7.28. The van der Waals surface area contributed by atoms with E-state index in [1.54, 1.807) is 0 Å². The zero-order chi connectivity index (χ0) is 13.2. The topological polar surface area (TPSA) is 32.3 Å². The van der Waals surface area contributed by atoms with Crippen molar-refractivity contribution >= 4 is 18.3 Å². The van der Waals surface area contributed by atoms with E-state index in [2.05, 4.69) is 5.32 Å². The molecule has 2 saturated heterocycles. The summed E-state index contributed by atoms with van der Waals surface area (Å²) in [6.07, 6.45) is 5.32. The van der Waals surface area contributed by atoms with E-state index in [0.29, 0.717) is 24.5 Å². The van der Waals surface area contributed by atoms with Crippen molar-refractivity contribution in [2.24, 2.45) is 0 Å². The second kappa shape index (κ2) is 6.59. The van der Waals surface area contributed by atoms with E-state index in [0.717, 1.165) is 18.4 Å². The van der Waals surface area contributed by atoms with Gasteiger partial charge in [-0.2, -0.15) is 0 Å². The Morgan fingerprint density at radius 2 is 1.80 bits per heavy atom. The van der Waals surface area contributed by atoms with Crippen LogP contribution in [0.1, 0.15) is 31.2 Å². The molecule has 2 aliphatic rings. The minimum Gasteiger partial charge on any atom is -0.342 e. The highest BCUT2D eigenvalue weighted by molar-refractivity contribution is 5.85. The quantitative estimate of drug-likeness (QED) is 0.928. The second-order valence-electron chi connectivity index (χ2n) is 5.93. The van der Waals surface area contributed by atoms with Gasteiger partial charge in [0, 0.05) is 25.2 Å². The lowest BCUT2D eigenvalue weighted by Gasteiger charge is -2.35. The Balaban J connectivity index is 0.00000147. The number of amides is 1. The predicted octanol–water partition coefficient (Wildman–Crippen LogP) is 2.39. The summed E-state index contributed by atoms with van der Waals surface area (Å²) in [6, 6.07) is 11.7. The summed E-state index contributed by atoms with van der Waals surface area (Å²) >= 11 is 0. The molecule has 0 aromatic heterocycles. The van der Waals surface area contributed by atoms with E-state index in [1.165, 1.54) is 12.8 Å². The third-order valence-corrected chi connectivity index (χ3v) is 4.59. The van der Waals surface area contributed by atoms with Gasteiger partial charge in [0.2, 0.25) is 5.91 Å². The van der Waals surface area contributed by atoms with E-state index in [-0.39, 0.29) is 18.3 Å². The first kappa shape index (κ1) is 15.3. The molecule has 2 heterocycles. The van der Waals surface area contributed by atoms with Crippen molar-refractivity contribution in [3.63, 3.8) is 0 Å². The lowest BCUT2D eigenvalue weighted by atomic mass is 9.98. The Morgan fingerprint density at radius 3 is 2.40 bits per heavy atom. The van der Waals surface area contributed by atoms with Crippen LogP contribution < -0.4 is 5.32 Å². The fraction of sp³-hybridized carbons (Fsp3) is 0.562. The first-order chi connectivity index (χ1) is 9.22. The maximum Gasteiger partial charge on any atom is 0.226 e. The molecule has 0 radical (unpaired) electrons. The number of carbonyl (C=O) groups is 1. The Hall–Kier alpha value is -1.06. The molecule has 1 aromatic rings. The highest BCUT2D eigenvalue weighted by Crippen LogP contribution is 2.29. The maximum atomic E-state index is 12.4. The number of carbonyl (C=O) groups excluding carboxylic acids is 1. The van der Waals surface area contributed by atoms with Crippen molar-refractivity contribution in [1.29, 1.82) is 0 Å². The molecule has 3 rings (SSSR count). The third kappa shape index (κ3) is 3.33. The average molecular weight is 295 g/mol. The molecule has 2 atom stereocenters. The van der Waals surface area contributed by atoms with Crippen molar-refractivity contribution in [3.8, 4) is 0 Å². The van der Waals surface area contributed by atoms with Crippen molar-refractivity contribution in [1.82, 2.24) is 10.2 Å². The summed E-state index contributed by atoms with van der Waals surface area (Å²) in [5, 5.41) is 3.63. The van der Waals surface area contributed by atoms with Gasteiger partial charge in [0.25, 0.3) is 0 Å². The van der Waals surface area contributed by atoms with E-state index in [1.807, 2.05) is 42.3 Å². The van der Waals surface area contributed by atoms with Crippen LogP contribution in [0.15, 0.2) is 30.3 Å². The van der Waals surface area contributed by atoms with Crippen molar-refractivity contribution in [3.05, 3.63) is 35.9 Å². The lowest BCUT2D eigenvalue weighted by Crippen LogP contribution is -2.49. The van der Waals surface area contributed by atoms with Gasteiger partial charge in [-0.25, -0.2) is 0 Å². The van der Waals surface area contributed by atoms with Crippen LogP contribution in [0.3, 0.4) is 0 Å². The number of benzene rings is 1. The molecule has 0 spiro atoms. The molecule has 1 N–H and O–H groups in total. The lowest BCUT2D eigenvalue weighted by molar-refractivity contribution is -0.131. The molecule has 20 heavy (non-hydrogen) atoms. The molecule has 0 aliphatic carbocycles. The molecule has 4 heteroatoms. The fourth-order valence-corrected chi connectivity index (χ4v) is 3.44. The molecule has 110 valence electrons. The first-order valence-electron chi connectivity index (χ1n) is 7.28. The second-order valence-corrected chi connectivity index (χ2v) is 5.93. The smallest absolute Gasteiger partial charge is 0.226 e. The maximum absolute atomic E-state index is 12.4. The van der Waals surface area contributed by atoms with Crippen LogP contribution in [0.25, 0.3) is 0 Å². The van der Waals surface area contributed by atoms with Gasteiger partial charge in [-0.1, -0.05) is 30.3 Å². The summed E-state index contributed by atoms with van der Waals surface area (Å²) in [6.45, 7) is 0. The zero-order valence-electron chi connectivity index (χ0n) is 11.9. The van der Waals surface area contributed by atoms with E-state index in [4.69, 9.17) is 0 Å². The van der Waals surface area contributed by atoms with Crippen LogP contribution in [-0.2, 0) is 11.2 Å². The number of nitrogens with one attached hydrogen (secondary N) is 1. The summed E-state index contributed by atoms with van der Waals surface area (Å²) in [5.74, 6) is 0.248. The number of fused-ring (bicyclic) bond motifs is 2. The van der Waals surface area contributed by atoms with Gasteiger partial charge < -0.3 is 10.2 Å². The normalized spacial score (nSPS) is 27.8. The number of hydrogen-bond acceptors (Lipinski definition) is 2. The molecule has 1 amide bonds. The number of rotatable bonds is 3. The highest BCUT2D eigenvalue weighted by atomic mass is 35.5. The summed E-state index contributed by atoms with van der Waals surface area (Å²) in [4.78, 5) is 14.3. The molecule has 3 nitrogen and oxygen atoms in total. The van der Waals surface area contributed by atoms with Crippen molar-refractivity contribution in [2.45, 2.75) is 50.2 Å². The van der Waals surface area contributed by atoms with Crippen molar-refractivity contribution in [2.75, 3.05) is 7.05 Å². The van der Waals surface area contributed by atoms with Crippen LogP contribution in [0, 0.1) is 0 Å². The number of piperidine rings is 1. The number of likely N-dealkylation sites (N-methyl/N-ethyl adjacent to an activating group) is 1. The van der Waals surface area contributed by atoms with Crippen LogP contribution in [0.4, 0.5) is 0 Å². The molecule has 1 aromatic carbocycles. The van der Waals surface area contributed by atoms with Gasteiger partial charge in [0.05, 0.1) is 6.42 Å². The van der Waals surface area contributed by atoms with Gasteiger partial charge in [-0.05, 0) is 31.2 Å². The summed E-state index contributed by atoms with van der Waals surface area (Å²) in [7, 11) is 1.97. The average Bonchev–Trinajstić information content (AvgIpc) is 2.77. The predicted molar refractivity (Wildman–Crippen MR) is 83.1 cm³/mol. The third-order valence-electron chi connectivity index (χ3n) is 4.59. The fourth-order valence-electron chi connectivity index (χ4n) is 3.44. The Labute approximate surface area is 127 Å². The number of halogens is 1. The molecule has 2 fully saturated rings. The Morgan fingerprint density at radius 1 is 1.20 bits per heavy atom. The largest absolute Gasteiger partial charge is 0.342 e. The molecule has 2 bridgehead atoms. The molecule has 2 unspecified atom stereocenters. The SMILES string of the molecule is CN(C(=O)Cc1ccccc1)C1CC2CCC(C1)N2.Cl. The summed E-state index contributed by atoms with van der Waals surface area (Å²) < 4.78 is 0. The van der Waals surface area contributed by atoms with Crippen LogP contribution in [0.5, 0.6) is 0 Å².